The zero-order valence-corrected chi connectivity index (χ0v) is 10.6. The predicted octanol–water partition coefficient (Wildman–Crippen LogP) is 2.00. The lowest BCUT2D eigenvalue weighted by Crippen LogP contribution is -2.29. The summed E-state index contributed by atoms with van der Waals surface area (Å²) in [6.07, 6.45) is 3.01. The molecule has 0 spiro atoms. The SMILES string of the molecule is CC(CC#N)NCCCCN(C)C(C)C. The molecule has 0 bridgehead atoms. The van der Waals surface area contributed by atoms with Crippen LogP contribution in [0.25, 0.3) is 0 Å². The molecule has 3 nitrogen and oxygen atoms in total. The molecule has 0 aliphatic heterocycles. The second kappa shape index (κ2) is 8.70. The Kier molecular flexibility index (Phi) is 8.35. The van der Waals surface area contributed by atoms with Gasteiger partial charge in [-0.2, -0.15) is 5.26 Å². The summed E-state index contributed by atoms with van der Waals surface area (Å²) in [5.41, 5.74) is 0. The van der Waals surface area contributed by atoms with Crippen LogP contribution in [0.4, 0.5) is 0 Å². The lowest BCUT2D eigenvalue weighted by Gasteiger charge is -2.20. The Morgan fingerprint density at radius 2 is 1.93 bits per heavy atom. The first-order valence-corrected chi connectivity index (χ1v) is 5.88. The maximum Gasteiger partial charge on any atom is 0.0638 e. The van der Waals surface area contributed by atoms with Crippen LogP contribution in [-0.2, 0) is 0 Å². The maximum atomic E-state index is 8.48. The zero-order chi connectivity index (χ0) is 11.7. The van der Waals surface area contributed by atoms with E-state index in [2.05, 4.69) is 44.1 Å². The quantitative estimate of drug-likeness (QED) is 0.624. The highest BCUT2D eigenvalue weighted by molar-refractivity contribution is 4.77. The van der Waals surface area contributed by atoms with Gasteiger partial charge in [0.05, 0.1) is 12.5 Å². The molecule has 0 heterocycles. The fourth-order valence-electron chi connectivity index (χ4n) is 1.30. The first kappa shape index (κ1) is 14.4. The highest BCUT2D eigenvalue weighted by Gasteiger charge is 2.02. The van der Waals surface area contributed by atoms with Gasteiger partial charge in [-0.3, -0.25) is 0 Å². The lowest BCUT2D eigenvalue weighted by molar-refractivity contribution is 0.267. The molecule has 0 rings (SSSR count). The molecule has 0 saturated heterocycles. The summed E-state index contributed by atoms with van der Waals surface area (Å²) in [5.74, 6) is 0. The van der Waals surface area contributed by atoms with E-state index >= 15 is 0 Å². The Bertz CT molecular complexity index is 184. The van der Waals surface area contributed by atoms with Crippen LogP contribution in [0.15, 0.2) is 0 Å². The zero-order valence-electron chi connectivity index (χ0n) is 10.6. The van der Waals surface area contributed by atoms with Gasteiger partial charge in [-0.25, -0.2) is 0 Å². The Morgan fingerprint density at radius 1 is 1.27 bits per heavy atom. The Morgan fingerprint density at radius 3 is 2.47 bits per heavy atom. The highest BCUT2D eigenvalue weighted by Crippen LogP contribution is 1.97. The van der Waals surface area contributed by atoms with Crippen LogP contribution in [-0.4, -0.2) is 37.1 Å². The third kappa shape index (κ3) is 8.41. The van der Waals surface area contributed by atoms with Gasteiger partial charge in [-0.05, 0) is 53.8 Å². The first-order valence-electron chi connectivity index (χ1n) is 5.88. The van der Waals surface area contributed by atoms with Gasteiger partial charge < -0.3 is 10.2 Å². The summed E-state index contributed by atoms with van der Waals surface area (Å²) in [4.78, 5) is 2.36. The first-order chi connectivity index (χ1) is 7.07. The van der Waals surface area contributed by atoms with E-state index in [1.165, 1.54) is 12.8 Å². The van der Waals surface area contributed by atoms with Crippen molar-refractivity contribution in [2.75, 3.05) is 20.1 Å². The molecule has 15 heavy (non-hydrogen) atoms. The monoisotopic (exact) mass is 211 g/mol. The number of nitrogens with one attached hydrogen (secondary N) is 1. The van der Waals surface area contributed by atoms with Gasteiger partial charge in [0.2, 0.25) is 0 Å². The highest BCUT2D eigenvalue weighted by atomic mass is 15.1. The molecule has 1 N–H and O–H groups in total. The van der Waals surface area contributed by atoms with Crippen molar-refractivity contribution in [3.63, 3.8) is 0 Å². The van der Waals surface area contributed by atoms with Crippen molar-refractivity contribution in [1.29, 1.82) is 5.26 Å². The van der Waals surface area contributed by atoms with Gasteiger partial charge in [-0.15, -0.1) is 0 Å². The van der Waals surface area contributed by atoms with Crippen LogP contribution >= 0.6 is 0 Å². The molecule has 0 aliphatic carbocycles. The summed E-state index contributed by atoms with van der Waals surface area (Å²) < 4.78 is 0. The molecular weight excluding hydrogens is 186 g/mol. The molecule has 0 aliphatic rings. The van der Waals surface area contributed by atoms with Crippen molar-refractivity contribution in [3.8, 4) is 6.07 Å². The Labute approximate surface area is 94.5 Å². The molecule has 0 amide bonds. The van der Waals surface area contributed by atoms with Crippen molar-refractivity contribution in [1.82, 2.24) is 10.2 Å². The summed E-state index contributed by atoms with van der Waals surface area (Å²) in [5, 5.41) is 11.8. The molecule has 88 valence electrons. The molecule has 0 radical (unpaired) electrons. The van der Waals surface area contributed by atoms with Crippen LogP contribution < -0.4 is 5.32 Å². The molecule has 0 saturated carbocycles. The third-order valence-corrected chi connectivity index (χ3v) is 2.71. The van der Waals surface area contributed by atoms with Gasteiger partial charge in [0, 0.05) is 12.1 Å². The largest absolute Gasteiger partial charge is 0.313 e. The Hall–Kier alpha value is -0.590. The second-order valence-corrected chi connectivity index (χ2v) is 4.50. The number of nitriles is 1. The number of rotatable bonds is 8. The fourth-order valence-corrected chi connectivity index (χ4v) is 1.30. The van der Waals surface area contributed by atoms with Crippen LogP contribution in [0, 0.1) is 11.3 Å². The smallest absolute Gasteiger partial charge is 0.0638 e. The fraction of sp³-hybridized carbons (Fsp3) is 0.917. The van der Waals surface area contributed by atoms with Crippen LogP contribution in [0.2, 0.25) is 0 Å². The van der Waals surface area contributed by atoms with E-state index in [0.29, 0.717) is 18.5 Å². The third-order valence-electron chi connectivity index (χ3n) is 2.71. The molecule has 3 heteroatoms. The predicted molar refractivity (Wildman–Crippen MR) is 64.7 cm³/mol. The summed E-state index contributed by atoms with van der Waals surface area (Å²) in [6, 6.07) is 3.14. The van der Waals surface area contributed by atoms with E-state index < -0.39 is 0 Å². The normalized spacial score (nSPS) is 13.1. The minimum atomic E-state index is 0.331. The minimum Gasteiger partial charge on any atom is -0.313 e. The van der Waals surface area contributed by atoms with E-state index in [1.54, 1.807) is 0 Å². The molecule has 0 fully saturated rings. The molecule has 0 aromatic heterocycles. The van der Waals surface area contributed by atoms with Gasteiger partial charge in [0.1, 0.15) is 0 Å². The average molecular weight is 211 g/mol. The van der Waals surface area contributed by atoms with Crippen LogP contribution in [0.1, 0.15) is 40.0 Å². The molecule has 1 atom stereocenters. The van der Waals surface area contributed by atoms with Crippen molar-refractivity contribution in [2.24, 2.45) is 0 Å². The number of nitrogens with zero attached hydrogens (tertiary/aromatic N) is 2. The second-order valence-electron chi connectivity index (χ2n) is 4.50. The van der Waals surface area contributed by atoms with E-state index in [4.69, 9.17) is 5.26 Å². The minimum absolute atomic E-state index is 0.331. The molecule has 1 unspecified atom stereocenters. The van der Waals surface area contributed by atoms with Crippen molar-refractivity contribution >= 4 is 0 Å². The van der Waals surface area contributed by atoms with Crippen molar-refractivity contribution in [3.05, 3.63) is 0 Å². The topological polar surface area (TPSA) is 39.1 Å². The molecule has 0 aromatic rings. The summed E-state index contributed by atoms with van der Waals surface area (Å²) in [7, 11) is 2.16. The van der Waals surface area contributed by atoms with E-state index in [-0.39, 0.29) is 0 Å². The van der Waals surface area contributed by atoms with Gasteiger partial charge in [-0.1, -0.05) is 0 Å². The summed E-state index contributed by atoms with van der Waals surface area (Å²) >= 11 is 0. The standard InChI is InChI=1S/C12H25N3/c1-11(2)15(4)10-6-5-9-14-12(3)7-8-13/h11-12,14H,5-7,9-10H2,1-4H3. The van der Waals surface area contributed by atoms with Crippen LogP contribution in [0.3, 0.4) is 0 Å². The van der Waals surface area contributed by atoms with E-state index in [9.17, 15) is 0 Å². The Balaban J connectivity index is 3.29. The lowest BCUT2D eigenvalue weighted by atomic mass is 10.2. The van der Waals surface area contributed by atoms with Crippen molar-refractivity contribution < 1.29 is 0 Å². The number of hydrogen-bond donors (Lipinski definition) is 1. The number of unbranched alkanes of at least 4 members (excludes halogenated alkanes) is 1. The molecule has 0 aromatic carbocycles. The number of hydrogen-bond acceptors (Lipinski definition) is 3. The van der Waals surface area contributed by atoms with Gasteiger partial charge in [0.15, 0.2) is 0 Å². The van der Waals surface area contributed by atoms with Crippen LogP contribution in [0.5, 0.6) is 0 Å². The average Bonchev–Trinajstić information content (AvgIpc) is 2.17. The molecular formula is C12H25N3. The van der Waals surface area contributed by atoms with E-state index in [1.807, 2.05) is 0 Å². The van der Waals surface area contributed by atoms with Gasteiger partial charge in [0.25, 0.3) is 0 Å². The maximum absolute atomic E-state index is 8.48. The summed E-state index contributed by atoms with van der Waals surface area (Å²) in [6.45, 7) is 8.67. The van der Waals surface area contributed by atoms with Gasteiger partial charge >= 0.3 is 0 Å². The van der Waals surface area contributed by atoms with Crippen molar-refractivity contribution in [2.45, 2.75) is 52.1 Å². The van der Waals surface area contributed by atoms with E-state index in [0.717, 1.165) is 13.1 Å².